The minimum absolute atomic E-state index is 0.0490. The lowest BCUT2D eigenvalue weighted by Crippen LogP contribution is -2.13. The minimum atomic E-state index is -4.69. The fourth-order valence-electron chi connectivity index (χ4n) is 8.52. The highest BCUT2D eigenvalue weighted by atomic mass is 19.4. The quantitative estimate of drug-likeness (QED) is 0.0440. The van der Waals surface area contributed by atoms with Gasteiger partial charge < -0.3 is 33.1 Å². The maximum Gasteiger partial charge on any atom is 0.419 e. The molecule has 89 heavy (non-hydrogen) atoms. The number of nitrogens with zero attached hydrogens (tertiary/aromatic N) is 10. The highest BCUT2D eigenvalue weighted by molar-refractivity contribution is 5.65. The first kappa shape index (κ1) is 65.1. The summed E-state index contributed by atoms with van der Waals surface area (Å²) in [5, 5.41) is 32.6. The number of halogens is 9. The van der Waals surface area contributed by atoms with Crippen molar-refractivity contribution in [3.63, 3.8) is 0 Å². The zero-order valence-corrected chi connectivity index (χ0v) is 48.2. The molecule has 0 unspecified atom stereocenters. The van der Waals surface area contributed by atoms with E-state index in [2.05, 4.69) is 59.9 Å². The summed E-state index contributed by atoms with van der Waals surface area (Å²) in [7, 11) is 0. The molecule has 26 heteroatoms. The lowest BCUT2D eigenvalue weighted by Gasteiger charge is -2.13. The maximum absolute atomic E-state index is 13.4. The van der Waals surface area contributed by atoms with E-state index in [0.717, 1.165) is 85.4 Å². The molecule has 0 aliphatic carbocycles. The van der Waals surface area contributed by atoms with Crippen molar-refractivity contribution in [1.29, 1.82) is 5.26 Å². The first-order valence-corrected chi connectivity index (χ1v) is 28.0. The van der Waals surface area contributed by atoms with Crippen molar-refractivity contribution in [1.82, 2.24) is 50.7 Å². The molecule has 0 aliphatic rings. The molecule has 0 spiro atoms. The lowest BCUT2D eigenvalue weighted by atomic mass is 10.1. The fourth-order valence-corrected chi connectivity index (χ4v) is 8.52. The molecule has 0 fully saturated rings. The summed E-state index contributed by atoms with van der Waals surface area (Å²) < 4.78 is 149. The molecule has 1 N–H and O–H groups in total. The average molecular weight is 1230 g/mol. The van der Waals surface area contributed by atoms with Crippen LogP contribution in [0.5, 0.6) is 17.2 Å². The van der Waals surface area contributed by atoms with E-state index in [1.54, 1.807) is 35.0 Å². The Kier molecular flexibility index (Phi) is 22.8. The zero-order valence-electron chi connectivity index (χ0n) is 48.2. The van der Waals surface area contributed by atoms with Gasteiger partial charge >= 0.3 is 12.4 Å². The number of aromatic nitrogens is 9. The minimum Gasteiger partial charge on any atom is -0.490 e. The first-order chi connectivity index (χ1) is 43.0. The van der Waals surface area contributed by atoms with Gasteiger partial charge in [0.25, 0.3) is 17.7 Å². The molecule has 0 radical (unpaired) electrons. The standard InChI is InChI=1S/C23H21F4N5O2.C21H21FN4O2.C19H16F4N2O2/c1-2-3-18-14-32(31-29-18)13-15-4-6-16(7-5-15)21-28-22(34-30-21)17-8-9-20(33-11-10-24)19(12-17)23(25,26)27;1-2-10-24-14-15-3-5-16(6-4-15)20-25-21(28-26-20)17-7-8-19(27-11-9-22)18(12-17)13-23;1-2-12-3-5-13(6-4-12)17-24-18(27-25-17)14-7-8-16(26-10-9-20)15(11-14)19(21,22)23/h4-9,12,14H,2-3,10-11,13H2,1H3;3-8,12,24H,2,9-11,14H2,1H3;3-8,11H,2,9-10H2,1H3/i24-1;22-1;20-1. The van der Waals surface area contributed by atoms with Crippen molar-refractivity contribution >= 4 is 0 Å². The maximum atomic E-state index is 13.4. The second-order valence-corrected chi connectivity index (χ2v) is 19.4. The van der Waals surface area contributed by atoms with Crippen LogP contribution in [0.1, 0.15) is 72.7 Å². The van der Waals surface area contributed by atoms with E-state index in [9.17, 15) is 44.8 Å². The fraction of sp³-hybridized carbons (Fsp3) is 0.286. The third-order valence-electron chi connectivity index (χ3n) is 12.9. The van der Waals surface area contributed by atoms with Crippen molar-refractivity contribution in [2.24, 2.45) is 0 Å². The van der Waals surface area contributed by atoms with Crippen molar-refractivity contribution in [3.05, 3.63) is 173 Å². The van der Waals surface area contributed by atoms with E-state index in [4.69, 9.17) is 27.8 Å². The zero-order chi connectivity index (χ0) is 63.3. The molecule has 10 rings (SSSR count). The summed E-state index contributed by atoms with van der Waals surface area (Å²) in [6.45, 7) is 5.16. The Bertz CT molecular complexity index is 3880. The number of ether oxygens (including phenoxy) is 3. The highest BCUT2D eigenvalue weighted by Gasteiger charge is 2.36. The van der Waals surface area contributed by atoms with Crippen LogP contribution in [0.2, 0.25) is 0 Å². The van der Waals surface area contributed by atoms with Crippen LogP contribution in [0.4, 0.5) is 39.5 Å². The molecule has 6 aromatic carbocycles. The smallest absolute Gasteiger partial charge is 0.419 e. The molecule has 0 bridgehead atoms. The molecule has 17 nitrogen and oxygen atoms in total. The Hall–Kier alpha value is -9.90. The lowest BCUT2D eigenvalue weighted by molar-refractivity contribution is -0.139. The second-order valence-electron chi connectivity index (χ2n) is 19.4. The van der Waals surface area contributed by atoms with Crippen LogP contribution < -0.4 is 19.5 Å². The number of aryl methyl sites for hydroxylation is 2. The van der Waals surface area contributed by atoms with Gasteiger partial charge in [-0.25, -0.2) is 17.9 Å². The van der Waals surface area contributed by atoms with Gasteiger partial charge in [0.05, 0.1) is 28.9 Å². The molecule has 4 aromatic heterocycles. The van der Waals surface area contributed by atoms with Crippen LogP contribution in [-0.2, 0) is 38.3 Å². The predicted molar refractivity (Wildman–Crippen MR) is 309 cm³/mol. The van der Waals surface area contributed by atoms with Crippen molar-refractivity contribution in [2.45, 2.75) is 71.9 Å². The van der Waals surface area contributed by atoms with Crippen LogP contribution in [0.3, 0.4) is 0 Å². The van der Waals surface area contributed by atoms with E-state index < -0.39 is 68.2 Å². The Morgan fingerprint density at radius 1 is 0.517 bits per heavy atom. The van der Waals surface area contributed by atoms with Crippen molar-refractivity contribution in [2.75, 3.05) is 46.4 Å². The van der Waals surface area contributed by atoms with E-state index in [1.165, 1.54) is 17.7 Å². The molecule has 464 valence electrons. The molecule has 0 atom stereocenters. The number of nitrogens with one attached hydrogen (secondary N) is 1. The predicted octanol–water partition coefficient (Wildman–Crippen LogP) is 14.8. The van der Waals surface area contributed by atoms with Gasteiger partial charge in [-0.3, -0.25) is 0 Å². The average Bonchev–Trinajstić information content (AvgIpc) is 3.83. The highest BCUT2D eigenvalue weighted by Crippen LogP contribution is 2.41. The molecule has 0 saturated carbocycles. The van der Waals surface area contributed by atoms with Gasteiger partial charge in [-0.15, -0.1) is 5.10 Å². The first-order valence-electron chi connectivity index (χ1n) is 28.0. The van der Waals surface area contributed by atoms with E-state index in [0.29, 0.717) is 40.7 Å². The van der Waals surface area contributed by atoms with Crippen LogP contribution >= 0.6 is 0 Å². The van der Waals surface area contributed by atoms with Gasteiger partial charge in [-0.1, -0.05) is 121 Å². The van der Waals surface area contributed by atoms with E-state index in [-0.39, 0.29) is 46.7 Å². The number of alkyl halides is 9. The molecular weight excluding hydrogens is 1170 g/mol. The van der Waals surface area contributed by atoms with Gasteiger partial charge in [0.15, 0.2) is 0 Å². The summed E-state index contributed by atoms with van der Waals surface area (Å²) in [4.78, 5) is 12.8. The summed E-state index contributed by atoms with van der Waals surface area (Å²) >= 11 is 0. The second kappa shape index (κ2) is 31.1. The number of benzene rings is 6. The number of hydrogen-bond acceptors (Lipinski definition) is 16. The normalized spacial score (nSPS) is 11.3. The molecule has 0 amide bonds. The summed E-state index contributed by atoms with van der Waals surface area (Å²) in [6.07, 6.45) is -3.60. The third-order valence-corrected chi connectivity index (χ3v) is 12.9. The number of hydrogen-bond donors (Lipinski definition) is 1. The Balaban J connectivity index is 0.000000174. The van der Waals surface area contributed by atoms with Gasteiger partial charge in [-0.2, -0.15) is 46.6 Å². The van der Waals surface area contributed by atoms with E-state index in [1.807, 2.05) is 79.9 Å². The Morgan fingerprint density at radius 3 is 1.35 bits per heavy atom. The summed E-state index contributed by atoms with van der Waals surface area (Å²) in [5.74, 6) is 0.585. The van der Waals surface area contributed by atoms with Crippen LogP contribution in [0.25, 0.3) is 68.5 Å². The SMILES string of the molecule is CCCNCc1ccc(-c2noc(-c3ccc(OCC[18F])c(C#N)c3)n2)cc1.CCCc1cn(Cc2ccc(-c3noc(-c4ccc(OCC[18F])c(C(F)(F)F)c4)n3)cc2)nn1.CCc1ccc(-c2noc(-c3ccc(OCC[18F])c(C(F)(F)F)c3)n2)cc1. The van der Waals surface area contributed by atoms with Crippen LogP contribution in [0.15, 0.2) is 147 Å². The monoisotopic (exact) mass is 1230 g/mol. The van der Waals surface area contributed by atoms with Gasteiger partial charge in [-0.05, 0) is 97.1 Å². The van der Waals surface area contributed by atoms with Crippen molar-refractivity contribution < 1.29 is 67.3 Å². The van der Waals surface area contributed by atoms with E-state index >= 15 is 0 Å². The van der Waals surface area contributed by atoms with Crippen LogP contribution in [0, 0.1) is 11.3 Å². The summed E-state index contributed by atoms with van der Waals surface area (Å²) in [6, 6.07) is 36.4. The summed E-state index contributed by atoms with van der Waals surface area (Å²) in [5.41, 5.74) is 5.42. The molecule has 10 aromatic rings. The Labute approximate surface area is 504 Å². The number of rotatable bonds is 24. The largest absolute Gasteiger partial charge is 0.490 e. The van der Waals surface area contributed by atoms with Gasteiger partial charge in [0.1, 0.15) is 63.2 Å². The molecule has 4 heterocycles. The number of nitriles is 1. The third kappa shape index (κ3) is 17.9. The van der Waals surface area contributed by atoms with Gasteiger partial charge in [0.2, 0.25) is 17.5 Å². The van der Waals surface area contributed by atoms with Gasteiger partial charge in [0, 0.05) is 46.1 Å². The molecule has 0 aliphatic heterocycles. The van der Waals surface area contributed by atoms with Crippen molar-refractivity contribution in [3.8, 4) is 91.8 Å². The molecular formula is C63H58F9N11O6. The molecule has 0 saturated heterocycles. The Morgan fingerprint density at radius 2 is 0.933 bits per heavy atom. The van der Waals surface area contributed by atoms with Crippen LogP contribution in [-0.4, -0.2) is 91.8 Å². The topological polar surface area (TPSA) is 211 Å².